The van der Waals surface area contributed by atoms with Crippen LogP contribution in [0.25, 0.3) is 11.5 Å². The van der Waals surface area contributed by atoms with Crippen molar-refractivity contribution >= 4 is 5.91 Å². The van der Waals surface area contributed by atoms with E-state index in [1.807, 2.05) is 0 Å². The molecule has 0 saturated carbocycles. The second-order valence-electron chi connectivity index (χ2n) is 6.45. The molecule has 0 aliphatic rings. The smallest absolute Gasteiger partial charge is 0.251 e. The van der Waals surface area contributed by atoms with Crippen molar-refractivity contribution in [1.82, 2.24) is 15.5 Å². The van der Waals surface area contributed by atoms with Gasteiger partial charge in [0.1, 0.15) is 6.54 Å². The van der Waals surface area contributed by atoms with Gasteiger partial charge in [0.2, 0.25) is 12.3 Å². The Hall–Kier alpha value is -2.99. The second kappa shape index (κ2) is 9.09. The lowest BCUT2D eigenvalue weighted by Gasteiger charge is -2.15. The van der Waals surface area contributed by atoms with Crippen LogP contribution in [0, 0.1) is 0 Å². The molecule has 140 valence electrons. The fraction of sp³-hybridized carbons (Fsp3) is 0.286. The van der Waals surface area contributed by atoms with Gasteiger partial charge < -0.3 is 14.6 Å². The summed E-state index contributed by atoms with van der Waals surface area (Å²) in [6.45, 7) is 8.20. The van der Waals surface area contributed by atoms with E-state index in [1.54, 1.807) is 29.2 Å². The van der Waals surface area contributed by atoms with Crippen LogP contribution in [-0.2, 0) is 13.1 Å². The van der Waals surface area contributed by atoms with Crippen molar-refractivity contribution < 1.29 is 14.1 Å². The number of aromatic nitrogens is 2. The molecule has 3 aromatic rings. The molecule has 0 saturated heterocycles. The molecule has 0 unspecified atom stereocenters. The number of benzene rings is 2. The minimum absolute atomic E-state index is 0.108. The van der Waals surface area contributed by atoms with Gasteiger partial charge in [0.15, 0.2) is 0 Å². The Morgan fingerprint density at radius 2 is 1.67 bits per heavy atom. The van der Waals surface area contributed by atoms with Gasteiger partial charge in [0.05, 0.1) is 13.1 Å². The molecular formula is C21H25N4O2+. The van der Waals surface area contributed by atoms with Crippen LogP contribution < -0.4 is 10.2 Å². The zero-order valence-corrected chi connectivity index (χ0v) is 15.7. The number of carbonyl (C=O) groups is 1. The third-order valence-electron chi connectivity index (χ3n) is 4.68. The van der Waals surface area contributed by atoms with Gasteiger partial charge in [0, 0.05) is 23.2 Å². The van der Waals surface area contributed by atoms with Gasteiger partial charge in [-0.2, -0.15) is 0 Å². The SMILES string of the molecule is CC[NH+](CC)Cc1ccc(CNC(=O)c2ccc(-c3nnco3)cc2)cc1. The van der Waals surface area contributed by atoms with E-state index < -0.39 is 0 Å². The molecule has 0 fully saturated rings. The van der Waals surface area contributed by atoms with Gasteiger partial charge in [-0.3, -0.25) is 4.79 Å². The standard InChI is InChI=1S/C21H24N4O2/c1-3-25(4-2)14-17-7-5-16(6-8-17)13-22-20(26)18-9-11-19(12-10-18)21-24-23-15-27-21/h5-12,15H,3-4,13-14H2,1-2H3,(H,22,26)/p+1. The molecule has 0 spiro atoms. The zero-order valence-electron chi connectivity index (χ0n) is 15.7. The molecule has 27 heavy (non-hydrogen) atoms. The van der Waals surface area contributed by atoms with E-state index >= 15 is 0 Å². The van der Waals surface area contributed by atoms with Crippen LogP contribution in [0.3, 0.4) is 0 Å². The first kappa shape index (κ1) is 18.8. The van der Waals surface area contributed by atoms with Crippen molar-refractivity contribution in [2.45, 2.75) is 26.9 Å². The lowest BCUT2D eigenvalue weighted by Crippen LogP contribution is -3.10. The fourth-order valence-corrected chi connectivity index (χ4v) is 2.91. The summed E-state index contributed by atoms with van der Waals surface area (Å²) in [7, 11) is 0. The van der Waals surface area contributed by atoms with E-state index in [0.29, 0.717) is 18.0 Å². The van der Waals surface area contributed by atoms with Crippen LogP contribution in [-0.4, -0.2) is 29.2 Å². The quantitative estimate of drug-likeness (QED) is 0.641. The van der Waals surface area contributed by atoms with E-state index in [1.165, 1.54) is 12.0 Å². The third kappa shape index (κ3) is 5.01. The van der Waals surface area contributed by atoms with Crippen LogP contribution in [0.4, 0.5) is 0 Å². The van der Waals surface area contributed by atoms with Gasteiger partial charge in [-0.15, -0.1) is 10.2 Å². The van der Waals surface area contributed by atoms with E-state index in [9.17, 15) is 4.79 Å². The number of nitrogens with one attached hydrogen (secondary N) is 2. The second-order valence-corrected chi connectivity index (χ2v) is 6.45. The molecule has 6 heteroatoms. The summed E-state index contributed by atoms with van der Waals surface area (Å²) >= 11 is 0. The Labute approximate surface area is 159 Å². The molecule has 2 aromatic carbocycles. The van der Waals surface area contributed by atoms with Crippen molar-refractivity contribution in [2.24, 2.45) is 0 Å². The van der Waals surface area contributed by atoms with Crippen molar-refractivity contribution in [3.63, 3.8) is 0 Å². The molecule has 0 bridgehead atoms. The van der Waals surface area contributed by atoms with E-state index in [0.717, 1.165) is 30.8 Å². The van der Waals surface area contributed by atoms with E-state index in [-0.39, 0.29) is 5.91 Å². The van der Waals surface area contributed by atoms with Gasteiger partial charge >= 0.3 is 0 Å². The maximum atomic E-state index is 12.3. The van der Waals surface area contributed by atoms with Gasteiger partial charge in [-0.05, 0) is 43.7 Å². The number of hydrogen-bond donors (Lipinski definition) is 2. The first-order chi connectivity index (χ1) is 13.2. The average molecular weight is 365 g/mol. The van der Waals surface area contributed by atoms with E-state index in [2.05, 4.69) is 53.6 Å². The molecule has 0 aliphatic carbocycles. The third-order valence-corrected chi connectivity index (χ3v) is 4.68. The number of hydrogen-bond acceptors (Lipinski definition) is 4. The Balaban J connectivity index is 1.54. The van der Waals surface area contributed by atoms with Crippen LogP contribution in [0.2, 0.25) is 0 Å². The minimum atomic E-state index is -0.108. The first-order valence-corrected chi connectivity index (χ1v) is 9.25. The Morgan fingerprint density at radius 3 is 2.26 bits per heavy atom. The summed E-state index contributed by atoms with van der Waals surface area (Å²) in [5.41, 5.74) is 3.79. The maximum Gasteiger partial charge on any atom is 0.251 e. The molecule has 3 rings (SSSR count). The summed E-state index contributed by atoms with van der Waals surface area (Å²) in [4.78, 5) is 13.9. The Morgan fingerprint density at radius 1 is 1.00 bits per heavy atom. The van der Waals surface area contributed by atoms with Gasteiger partial charge in [-0.25, -0.2) is 0 Å². The summed E-state index contributed by atoms with van der Waals surface area (Å²) in [6.07, 6.45) is 1.28. The summed E-state index contributed by atoms with van der Waals surface area (Å²) in [5, 5.41) is 10.5. The number of rotatable bonds is 8. The monoisotopic (exact) mass is 365 g/mol. The highest BCUT2D eigenvalue weighted by molar-refractivity contribution is 5.94. The highest BCUT2D eigenvalue weighted by Crippen LogP contribution is 2.16. The maximum absolute atomic E-state index is 12.3. The highest BCUT2D eigenvalue weighted by atomic mass is 16.4. The molecular weight excluding hydrogens is 340 g/mol. The largest absolute Gasteiger partial charge is 0.423 e. The molecule has 6 nitrogen and oxygen atoms in total. The minimum Gasteiger partial charge on any atom is -0.423 e. The van der Waals surface area contributed by atoms with Crippen LogP contribution in [0.1, 0.15) is 35.3 Å². The topological polar surface area (TPSA) is 72.5 Å². The molecule has 0 atom stereocenters. The van der Waals surface area contributed by atoms with Crippen molar-refractivity contribution in [3.05, 3.63) is 71.6 Å². The van der Waals surface area contributed by atoms with Crippen LogP contribution in [0.5, 0.6) is 0 Å². The highest BCUT2D eigenvalue weighted by Gasteiger charge is 2.09. The van der Waals surface area contributed by atoms with Gasteiger partial charge in [-0.1, -0.05) is 24.3 Å². The first-order valence-electron chi connectivity index (χ1n) is 9.25. The van der Waals surface area contributed by atoms with Crippen LogP contribution in [0.15, 0.2) is 59.3 Å². The molecule has 2 N–H and O–H groups in total. The van der Waals surface area contributed by atoms with E-state index in [4.69, 9.17) is 4.42 Å². The van der Waals surface area contributed by atoms with Crippen molar-refractivity contribution in [1.29, 1.82) is 0 Å². The summed E-state index contributed by atoms with van der Waals surface area (Å²) in [6, 6.07) is 15.6. The number of quaternary nitrogens is 1. The van der Waals surface area contributed by atoms with Crippen molar-refractivity contribution in [2.75, 3.05) is 13.1 Å². The normalized spacial score (nSPS) is 10.9. The Bertz CT molecular complexity index is 839. The van der Waals surface area contributed by atoms with Gasteiger partial charge in [0.25, 0.3) is 5.91 Å². The predicted octanol–water partition coefficient (Wildman–Crippen LogP) is 2.09. The molecule has 1 aromatic heterocycles. The number of carbonyl (C=O) groups excluding carboxylic acids is 1. The van der Waals surface area contributed by atoms with Crippen molar-refractivity contribution in [3.8, 4) is 11.5 Å². The zero-order chi connectivity index (χ0) is 19.1. The summed E-state index contributed by atoms with van der Waals surface area (Å²) < 4.78 is 5.15. The molecule has 1 heterocycles. The summed E-state index contributed by atoms with van der Waals surface area (Å²) in [5.74, 6) is 0.331. The average Bonchev–Trinajstić information content (AvgIpc) is 3.26. The molecule has 0 radical (unpaired) electrons. The molecule has 0 aliphatic heterocycles. The Kier molecular flexibility index (Phi) is 6.33. The lowest BCUT2D eigenvalue weighted by atomic mass is 10.1. The number of nitrogens with zero attached hydrogens (tertiary/aromatic N) is 2. The van der Waals surface area contributed by atoms with Crippen LogP contribution >= 0.6 is 0 Å². The number of amides is 1. The molecule has 1 amide bonds. The predicted molar refractivity (Wildman–Crippen MR) is 103 cm³/mol. The fourth-order valence-electron chi connectivity index (χ4n) is 2.91. The lowest BCUT2D eigenvalue weighted by molar-refractivity contribution is -0.910.